The first-order valence-corrected chi connectivity index (χ1v) is 9.00. The molecule has 0 unspecified atom stereocenters. The molecule has 3 aromatic rings. The average molecular weight is 514 g/mol. The predicted octanol–water partition coefficient (Wildman–Crippen LogP) is 4.79. The smallest absolute Gasteiger partial charge is 0.297 e. The first-order chi connectivity index (χ1) is 11.8. The molecule has 2 N–H and O–H groups in total. The first-order valence-electron chi connectivity index (χ1n) is 7.18. The van der Waals surface area contributed by atoms with Crippen LogP contribution in [0, 0.1) is 6.92 Å². The molecule has 0 atom stereocenters. The maximum atomic E-state index is 11.7. The molecular weight excluding hydrogens is 501 g/mol. The van der Waals surface area contributed by atoms with Crippen LogP contribution in [0.15, 0.2) is 63.7 Å². The summed E-state index contributed by atoms with van der Waals surface area (Å²) in [5.74, 6) is -0.0958. The van der Waals surface area contributed by atoms with Crippen molar-refractivity contribution in [3.05, 3.63) is 59.1 Å². The summed E-state index contributed by atoms with van der Waals surface area (Å²) in [5, 5.41) is 19.7. The van der Waals surface area contributed by atoms with Gasteiger partial charge >= 0.3 is 0 Å². The number of hydrogen-bond acceptors (Lipinski definition) is 5. The van der Waals surface area contributed by atoms with Crippen molar-refractivity contribution in [1.29, 1.82) is 0 Å². The number of azo groups is 1. The summed E-state index contributed by atoms with van der Waals surface area (Å²) in [6.45, 7) is 1.46. The number of fused-ring (bicyclic) bond motifs is 1. The van der Waals surface area contributed by atoms with Crippen molar-refractivity contribution in [2.45, 2.75) is 11.8 Å². The van der Waals surface area contributed by atoms with Crippen molar-refractivity contribution in [1.82, 2.24) is 0 Å². The van der Waals surface area contributed by atoms with E-state index in [4.69, 9.17) is 11.6 Å². The number of phenolic OH excluding ortho intramolecular Hbond substituents is 1. The van der Waals surface area contributed by atoms with E-state index in [1.807, 2.05) is 12.1 Å². The van der Waals surface area contributed by atoms with Gasteiger partial charge in [0.1, 0.15) is 22.0 Å². The van der Waals surface area contributed by atoms with E-state index in [0.717, 1.165) is 5.39 Å². The van der Waals surface area contributed by atoms with Crippen molar-refractivity contribution >= 4 is 92.7 Å². The van der Waals surface area contributed by atoms with Gasteiger partial charge in [-0.3, -0.25) is 4.55 Å². The first kappa shape index (κ1) is 21.4. The number of benzene rings is 3. The fourth-order valence-corrected chi connectivity index (χ4v) is 3.59. The van der Waals surface area contributed by atoms with Gasteiger partial charge in [0.25, 0.3) is 10.1 Å². The molecule has 0 heterocycles. The van der Waals surface area contributed by atoms with Crippen LogP contribution in [0.2, 0.25) is 5.02 Å². The summed E-state index contributed by atoms with van der Waals surface area (Å²) in [4.78, 5) is -0.413. The number of nitrogens with zero attached hydrogens (tertiary/aromatic N) is 2. The van der Waals surface area contributed by atoms with Crippen LogP contribution in [0.3, 0.4) is 0 Å². The maximum Gasteiger partial charge on any atom is 0.297 e. The van der Waals surface area contributed by atoms with Crippen molar-refractivity contribution < 1.29 is 18.1 Å². The molecule has 26 heavy (non-hydrogen) atoms. The van der Waals surface area contributed by atoms with Gasteiger partial charge in [-0.15, -0.1) is 10.2 Å². The second kappa shape index (κ2) is 8.41. The van der Waals surface area contributed by atoms with Gasteiger partial charge in [0.15, 0.2) is 0 Å². The van der Waals surface area contributed by atoms with Gasteiger partial charge in [0.05, 0.1) is 0 Å². The van der Waals surface area contributed by atoms with E-state index in [1.54, 1.807) is 18.2 Å². The molecule has 3 rings (SSSR count). The minimum atomic E-state index is -4.54. The summed E-state index contributed by atoms with van der Waals surface area (Å²) in [7, 11) is -4.54. The van der Waals surface area contributed by atoms with Crippen LogP contribution in [0.25, 0.3) is 10.8 Å². The molecule has 6 nitrogen and oxygen atoms in total. The van der Waals surface area contributed by atoms with E-state index in [2.05, 4.69) is 10.2 Å². The van der Waals surface area contributed by atoms with Gasteiger partial charge in [-0.2, -0.15) is 8.42 Å². The Balaban J connectivity index is 0.00000243. The standard InChI is InChI=1S/C17H13ClN2O4S.Ba/c1-10-13(18)7-8-14(17(10)25(22,23)24)19-20-16-12-5-3-2-4-11(12)6-9-15(16)21;/h2-9,21H,1H3,(H,22,23,24);. The molecule has 0 aliphatic carbocycles. The molecule has 130 valence electrons. The second-order valence-corrected chi connectivity index (χ2v) is 7.12. The summed E-state index contributed by atoms with van der Waals surface area (Å²) in [5.41, 5.74) is 0.298. The summed E-state index contributed by atoms with van der Waals surface area (Å²) < 4.78 is 32.8. The third-order valence-corrected chi connectivity index (χ3v) is 5.15. The monoisotopic (exact) mass is 514 g/mol. The minimum Gasteiger partial charge on any atom is -0.506 e. The van der Waals surface area contributed by atoms with Crippen LogP contribution in [-0.2, 0) is 10.1 Å². The van der Waals surface area contributed by atoms with Gasteiger partial charge in [0, 0.05) is 59.3 Å². The number of halogens is 1. The molecule has 0 spiro atoms. The molecule has 3 aromatic carbocycles. The van der Waals surface area contributed by atoms with Gasteiger partial charge in [-0.05, 0) is 36.1 Å². The van der Waals surface area contributed by atoms with Gasteiger partial charge in [-0.25, -0.2) is 0 Å². The third-order valence-electron chi connectivity index (χ3n) is 3.71. The quantitative estimate of drug-likeness (QED) is 0.299. The fourth-order valence-electron chi connectivity index (χ4n) is 2.51. The normalized spacial score (nSPS) is 11.7. The molecule has 0 amide bonds. The van der Waals surface area contributed by atoms with Crippen LogP contribution in [0.4, 0.5) is 11.4 Å². The third kappa shape index (κ3) is 4.32. The molecule has 0 saturated heterocycles. The Labute approximate surface area is 195 Å². The molecule has 0 aromatic heterocycles. The summed E-state index contributed by atoms with van der Waals surface area (Å²) >= 11 is 5.92. The van der Waals surface area contributed by atoms with Crippen molar-refractivity contribution in [2.75, 3.05) is 0 Å². The Morgan fingerprint density at radius 2 is 1.69 bits per heavy atom. The molecule has 0 bridgehead atoms. The van der Waals surface area contributed by atoms with Crippen molar-refractivity contribution in [3.63, 3.8) is 0 Å². The van der Waals surface area contributed by atoms with E-state index >= 15 is 0 Å². The van der Waals surface area contributed by atoms with Crippen molar-refractivity contribution in [3.8, 4) is 5.75 Å². The Morgan fingerprint density at radius 3 is 2.38 bits per heavy atom. The number of aromatic hydroxyl groups is 1. The largest absolute Gasteiger partial charge is 0.506 e. The zero-order valence-electron chi connectivity index (χ0n) is 13.7. The Bertz CT molecular complexity index is 1120. The van der Waals surface area contributed by atoms with Gasteiger partial charge < -0.3 is 5.11 Å². The number of rotatable bonds is 3. The topological polar surface area (TPSA) is 99.3 Å². The zero-order valence-corrected chi connectivity index (χ0v) is 19.7. The van der Waals surface area contributed by atoms with E-state index in [1.165, 1.54) is 25.1 Å². The Morgan fingerprint density at radius 1 is 1.00 bits per heavy atom. The molecule has 2 radical (unpaired) electrons. The molecule has 0 fully saturated rings. The Hall–Kier alpha value is -0.909. The van der Waals surface area contributed by atoms with E-state index in [0.29, 0.717) is 5.39 Å². The van der Waals surface area contributed by atoms with E-state index in [-0.39, 0.29) is 76.6 Å². The molecular formula is C17H13BaClN2O4S. The molecule has 0 aliphatic rings. The Kier molecular flexibility index (Phi) is 6.92. The van der Waals surface area contributed by atoms with Crippen molar-refractivity contribution in [2.24, 2.45) is 10.2 Å². The molecule has 0 saturated carbocycles. The van der Waals surface area contributed by atoms with Gasteiger partial charge in [0.2, 0.25) is 0 Å². The predicted molar refractivity (Wildman–Crippen MR) is 102 cm³/mol. The molecule has 0 aliphatic heterocycles. The van der Waals surface area contributed by atoms with Crippen LogP contribution < -0.4 is 0 Å². The van der Waals surface area contributed by atoms with E-state index < -0.39 is 15.0 Å². The summed E-state index contributed by atoms with van der Waals surface area (Å²) in [6, 6.07) is 13.3. The average Bonchev–Trinajstić information content (AvgIpc) is 2.56. The minimum absolute atomic E-state index is 0. The SMILES string of the molecule is Cc1c(Cl)ccc(N=Nc2c(O)ccc3ccccc23)c1S(=O)(=O)O.[Ba]. The fraction of sp³-hybridized carbons (Fsp3) is 0.0588. The summed E-state index contributed by atoms with van der Waals surface area (Å²) in [6.07, 6.45) is 0. The van der Waals surface area contributed by atoms with Crippen LogP contribution in [0.5, 0.6) is 5.75 Å². The van der Waals surface area contributed by atoms with Crippen LogP contribution >= 0.6 is 11.6 Å². The second-order valence-electron chi connectivity index (χ2n) is 5.35. The number of phenols is 1. The van der Waals surface area contributed by atoms with Gasteiger partial charge in [-0.1, -0.05) is 41.9 Å². The zero-order chi connectivity index (χ0) is 18.2. The van der Waals surface area contributed by atoms with Crippen LogP contribution in [0.1, 0.15) is 5.56 Å². The van der Waals surface area contributed by atoms with Crippen LogP contribution in [-0.4, -0.2) is 67.0 Å². The maximum absolute atomic E-state index is 11.7. The number of hydrogen-bond donors (Lipinski definition) is 2. The van der Waals surface area contributed by atoms with E-state index in [9.17, 15) is 18.1 Å². The molecule has 9 heteroatoms.